The molecule has 1 aromatic heterocycles. The van der Waals surface area contributed by atoms with E-state index < -0.39 is 9.84 Å². The van der Waals surface area contributed by atoms with E-state index in [1.54, 1.807) is 24.3 Å². The highest BCUT2D eigenvalue weighted by Gasteiger charge is 2.35. The topological polar surface area (TPSA) is 52.0 Å². The van der Waals surface area contributed by atoms with E-state index in [1.165, 1.54) is 0 Å². The zero-order valence-corrected chi connectivity index (χ0v) is 13.5. The number of nitrogens with zero attached hydrogens (tertiary/aromatic N) is 2. The van der Waals surface area contributed by atoms with Gasteiger partial charge in [-0.1, -0.05) is 39.0 Å². The Hall–Kier alpha value is -2.14. The van der Waals surface area contributed by atoms with Crippen LogP contribution in [0.25, 0.3) is 16.7 Å². The highest BCUT2D eigenvalue weighted by molar-refractivity contribution is 7.92. The number of hydrogen-bond acceptors (Lipinski definition) is 3. The van der Waals surface area contributed by atoms with Crippen LogP contribution >= 0.6 is 0 Å². The fourth-order valence-electron chi connectivity index (χ4n) is 3.04. The van der Waals surface area contributed by atoms with Crippen LogP contribution in [0.3, 0.4) is 0 Å². The Bertz CT molecular complexity index is 1020. The molecule has 0 N–H and O–H groups in total. The van der Waals surface area contributed by atoms with Crippen molar-refractivity contribution in [3.05, 3.63) is 48.3 Å². The van der Waals surface area contributed by atoms with Crippen LogP contribution in [-0.4, -0.2) is 18.0 Å². The van der Waals surface area contributed by atoms with Crippen molar-refractivity contribution in [3.8, 4) is 5.69 Å². The Morgan fingerprint density at radius 2 is 1.64 bits per heavy atom. The first kappa shape index (κ1) is 13.5. The Kier molecular flexibility index (Phi) is 2.45. The van der Waals surface area contributed by atoms with Gasteiger partial charge in [-0.15, -0.1) is 0 Å². The van der Waals surface area contributed by atoms with Gasteiger partial charge in [-0.25, -0.2) is 13.4 Å². The quantitative estimate of drug-likeness (QED) is 0.499. The van der Waals surface area contributed by atoms with E-state index in [2.05, 4.69) is 20.8 Å². The van der Waals surface area contributed by atoms with Gasteiger partial charge in [0.15, 0.2) is 0 Å². The molecule has 2 heterocycles. The number of fused-ring (bicyclic) bond motifs is 2. The van der Waals surface area contributed by atoms with E-state index in [4.69, 9.17) is 4.98 Å². The molecule has 4 rings (SSSR count). The second kappa shape index (κ2) is 3.98. The fraction of sp³-hybridized carbons (Fsp3) is 0.235. The summed E-state index contributed by atoms with van der Waals surface area (Å²) in [6.45, 7) is 6.26. The zero-order chi connectivity index (χ0) is 15.7. The summed E-state index contributed by atoms with van der Waals surface area (Å²) in [4.78, 5) is 5.40. The summed E-state index contributed by atoms with van der Waals surface area (Å²) in [5.41, 5.74) is 1.91. The fourth-order valence-corrected chi connectivity index (χ4v) is 4.68. The number of sulfone groups is 1. The number of rotatable bonds is 0. The van der Waals surface area contributed by atoms with Gasteiger partial charge in [0.1, 0.15) is 5.82 Å². The molecule has 0 fully saturated rings. The molecule has 1 aliphatic rings. The first-order chi connectivity index (χ1) is 10.3. The minimum absolute atomic E-state index is 0.190. The molecular formula is C17H16N2O2S. The lowest BCUT2D eigenvalue weighted by Crippen LogP contribution is -2.22. The highest BCUT2D eigenvalue weighted by Crippen LogP contribution is 2.41. The van der Waals surface area contributed by atoms with Gasteiger partial charge in [-0.3, -0.25) is 4.57 Å². The van der Waals surface area contributed by atoms with Crippen LogP contribution in [-0.2, 0) is 15.3 Å². The maximum absolute atomic E-state index is 12.9. The maximum atomic E-state index is 12.9. The van der Waals surface area contributed by atoms with Gasteiger partial charge in [0, 0.05) is 5.41 Å². The monoisotopic (exact) mass is 312 g/mol. The molecule has 112 valence electrons. The second-order valence-electron chi connectivity index (χ2n) is 6.62. The lowest BCUT2D eigenvalue weighted by molar-refractivity contribution is 0.535. The number of aromatic nitrogens is 2. The molecule has 2 aromatic carbocycles. The predicted molar refractivity (Wildman–Crippen MR) is 85.2 cm³/mol. The van der Waals surface area contributed by atoms with Crippen LogP contribution < -0.4 is 0 Å². The summed E-state index contributed by atoms with van der Waals surface area (Å²) in [6, 6.07) is 12.4. The molecule has 0 amide bonds. The third-order valence-corrected chi connectivity index (χ3v) is 5.83. The highest BCUT2D eigenvalue weighted by atomic mass is 32.2. The van der Waals surface area contributed by atoms with Crippen LogP contribution in [0.1, 0.15) is 26.6 Å². The van der Waals surface area contributed by atoms with Gasteiger partial charge in [-0.05, 0) is 24.3 Å². The van der Waals surface area contributed by atoms with Crippen molar-refractivity contribution >= 4 is 20.9 Å². The van der Waals surface area contributed by atoms with E-state index in [-0.39, 0.29) is 5.41 Å². The van der Waals surface area contributed by atoms with E-state index >= 15 is 0 Å². The normalized spacial score (nSPS) is 15.8. The van der Waals surface area contributed by atoms with Crippen LogP contribution in [0.5, 0.6) is 0 Å². The Morgan fingerprint density at radius 1 is 0.955 bits per heavy atom. The first-order valence-electron chi connectivity index (χ1n) is 7.18. The molecule has 0 radical (unpaired) electrons. The summed E-state index contributed by atoms with van der Waals surface area (Å²) >= 11 is 0. The summed E-state index contributed by atoms with van der Waals surface area (Å²) in [5, 5.41) is 0. The minimum atomic E-state index is -3.50. The van der Waals surface area contributed by atoms with E-state index in [0.717, 1.165) is 11.3 Å². The summed E-state index contributed by atoms with van der Waals surface area (Å²) in [6.07, 6.45) is 0. The minimum Gasteiger partial charge on any atom is -0.293 e. The molecule has 0 atom stereocenters. The average Bonchev–Trinajstić information content (AvgIpc) is 2.85. The SMILES string of the molecule is CC(C)(C)c1nc2cccc3c2n1-c1ccccc1S3(=O)=O. The van der Waals surface area contributed by atoms with Crippen molar-refractivity contribution in [1.82, 2.24) is 9.55 Å². The largest absolute Gasteiger partial charge is 0.293 e. The van der Waals surface area contributed by atoms with E-state index in [0.29, 0.717) is 21.0 Å². The number of imidazole rings is 1. The lowest BCUT2D eigenvalue weighted by atomic mass is 9.95. The Morgan fingerprint density at radius 3 is 2.36 bits per heavy atom. The molecule has 0 saturated heterocycles. The van der Waals surface area contributed by atoms with Crippen molar-refractivity contribution < 1.29 is 8.42 Å². The van der Waals surface area contributed by atoms with Crippen molar-refractivity contribution in [2.24, 2.45) is 0 Å². The maximum Gasteiger partial charge on any atom is 0.210 e. The van der Waals surface area contributed by atoms with Crippen LogP contribution in [0.4, 0.5) is 0 Å². The standard InChI is InChI=1S/C17H16N2O2S/c1-17(2,3)16-18-11-7-6-10-14-15(11)19(16)12-8-4-5-9-13(12)22(14,20)21/h4-10H,1-3H3. The third kappa shape index (κ3) is 1.57. The summed E-state index contributed by atoms with van der Waals surface area (Å²) in [7, 11) is -3.50. The summed E-state index contributed by atoms with van der Waals surface area (Å²) < 4.78 is 27.8. The molecule has 0 saturated carbocycles. The van der Waals surface area contributed by atoms with E-state index in [1.807, 2.05) is 22.8 Å². The molecule has 5 heteroatoms. The first-order valence-corrected chi connectivity index (χ1v) is 8.66. The van der Waals surface area contributed by atoms with Gasteiger partial charge >= 0.3 is 0 Å². The molecule has 3 aromatic rings. The average molecular weight is 312 g/mol. The van der Waals surface area contributed by atoms with Crippen LogP contribution in [0.2, 0.25) is 0 Å². The van der Waals surface area contributed by atoms with Crippen LogP contribution in [0.15, 0.2) is 52.3 Å². The van der Waals surface area contributed by atoms with E-state index in [9.17, 15) is 8.42 Å². The molecule has 0 spiro atoms. The molecule has 22 heavy (non-hydrogen) atoms. The van der Waals surface area contributed by atoms with Gasteiger partial charge in [0.25, 0.3) is 0 Å². The molecule has 1 aliphatic heterocycles. The molecule has 0 unspecified atom stereocenters. The number of hydrogen-bond donors (Lipinski definition) is 0. The summed E-state index contributed by atoms with van der Waals surface area (Å²) in [5.74, 6) is 0.873. The molecule has 4 nitrogen and oxygen atoms in total. The second-order valence-corrected chi connectivity index (χ2v) is 8.50. The van der Waals surface area contributed by atoms with Crippen molar-refractivity contribution in [3.63, 3.8) is 0 Å². The van der Waals surface area contributed by atoms with Gasteiger partial charge in [-0.2, -0.15) is 0 Å². The van der Waals surface area contributed by atoms with Crippen molar-refractivity contribution in [2.45, 2.75) is 36.0 Å². The zero-order valence-electron chi connectivity index (χ0n) is 12.7. The van der Waals surface area contributed by atoms with Crippen molar-refractivity contribution in [1.29, 1.82) is 0 Å². The molecule has 0 aliphatic carbocycles. The lowest BCUT2D eigenvalue weighted by Gasteiger charge is -2.25. The van der Waals surface area contributed by atoms with Crippen LogP contribution in [0, 0.1) is 0 Å². The van der Waals surface area contributed by atoms with Crippen molar-refractivity contribution in [2.75, 3.05) is 0 Å². The van der Waals surface area contributed by atoms with Gasteiger partial charge in [0.05, 0.1) is 26.5 Å². The molecular weight excluding hydrogens is 296 g/mol. The van der Waals surface area contributed by atoms with Gasteiger partial charge < -0.3 is 0 Å². The smallest absolute Gasteiger partial charge is 0.210 e. The number of benzene rings is 2. The molecule has 0 bridgehead atoms. The Balaban J connectivity index is 2.31. The third-order valence-electron chi connectivity index (χ3n) is 4.00. The predicted octanol–water partition coefficient (Wildman–Crippen LogP) is 3.47. The van der Waals surface area contributed by atoms with Gasteiger partial charge in [0.2, 0.25) is 9.84 Å². The Labute approximate surface area is 129 Å². The number of para-hydroxylation sites is 2.